The molecule has 20 heavy (non-hydrogen) atoms. The molecule has 0 aliphatic heterocycles. The van der Waals surface area contributed by atoms with Crippen LogP contribution in [-0.4, -0.2) is 7.11 Å². The number of hydrogen-bond acceptors (Lipinski definition) is 2. The van der Waals surface area contributed by atoms with Crippen LogP contribution in [0.3, 0.4) is 0 Å². The number of methoxy groups -OCH3 is 1. The summed E-state index contributed by atoms with van der Waals surface area (Å²) in [6.45, 7) is 2.06. The van der Waals surface area contributed by atoms with Crippen LogP contribution in [0.4, 0.5) is 0 Å². The van der Waals surface area contributed by atoms with Crippen LogP contribution in [0, 0.1) is 6.92 Å². The van der Waals surface area contributed by atoms with E-state index in [0.717, 1.165) is 21.3 Å². The zero-order valence-corrected chi connectivity index (χ0v) is 13.8. The SMILES string of the molecule is COc1ccc(Cl)cc1CC(N)c1ccc(Br)c(C)c1. The monoisotopic (exact) mass is 353 g/mol. The summed E-state index contributed by atoms with van der Waals surface area (Å²) in [5.41, 5.74) is 9.61. The molecule has 0 aromatic heterocycles. The zero-order valence-electron chi connectivity index (χ0n) is 11.5. The van der Waals surface area contributed by atoms with E-state index in [-0.39, 0.29) is 6.04 Å². The maximum atomic E-state index is 6.31. The fourth-order valence-corrected chi connectivity index (χ4v) is 2.60. The minimum absolute atomic E-state index is 0.0887. The Labute approximate surface area is 133 Å². The molecular weight excluding hydrogens is 338 g/mol. The van der Waals surface area contributed by atoms with Gasteiger partial charge in [0.25, 0.3) is 0 Å². The third kappa shape index (κ3) is 3.54. The molecule has 0 fully saturated rings. The molecule has 0 saturated heterocycles. The molecule has 0 radical (unpaired) electrons. The summed E-state index contributed by atoms with van der Waals surface area (Å²) >= 11 is 9.55. The Kier molecular flexibility index (Phi) is 5.08. The Bertz CT molecular complexity index is 615. The molecule has 2 rings (SSSR count). The first-order valence-electron chi connectivity index (χ1n) is 6.35. The molecule has 0 saturated carbocycles. The molecule has 1 atom stereocenters. The standard InChI is InChI=1S/C16H17BrClNO/c1-10-7-11(3-5-14(10)17)15(19)9-12-8-13(18)4-6-16(12)20-2/h3-8,15H,9,19H2,1-2H3. The number of ether oxygens (including phenoxy) is 1. The Morgan fingerprint density at radius 1 is 1.25 bits per heavy atom. The van der Waals surface area contributed by atoms with Gasteiger partial charge in [0.2, 0.25) is 0 Å². The van der Waals surface area contributed by atoms with Crippen molar-refractivity contribution >= 4 is 27.5 Å². The van der Waals surface area contributed by atoms with Gasteiger partial charge < -0.3 is 10.5 Å². The Morgan fingerprint density at radius 2 is 2.00 bits per heavy atom. The number of nitrogens with two attached hydrogens (primary N) is 1. The lowest BCUT2D eigenvalue weighted by Crippen LogP contribution is -2.14. The molecule has 0 bridgehead atoms. The van der Waals surface area contributed by atoms with Gasteiger partial charge in [0, 0.05) is 15.5 Å². The summed E-state index contributed by atoms with van der Waals surface area (Å²) in [5, 5.41) is 0.694. The van der Waals surface area contributed by atoms with Crippen LogP contribution in [0.2, 0.25) is 5.02 Å². The van der Waals surface area contributed by atoms with E-state index in [2.05, 4.69) is 28.9 Å². The van der Waals surface area contributed by atoms with E-state index in [4.69, 9.17) is 22.1 Å². The predicted octanol–water partition coefficient (Wildman–Crippen LogP) is 4.66. The minimum atomic E-state index is -0.0887. The van der Waals surface area contributed by atoms with Gasteiger partial charge in [-0.2, -0.15) is 0 Å². The van der Waals surface area contributed by atoms with Crippen molar-refractivity contribution in [3.05, 3.63) is 62.6 Å². The van der Waals surface area contributed by atoms with Gasteiger partial charge in [-0.1, -0.05) is 39.7 Å². The van der Waals surface area contributed by atoms with Crippen molar-refractivity contribution in [3.8, 4) is 5.75 Å². The number of rotatable bonds is 4. The predicted molar refractivity (Wildman–Crippen MR) is 87.5 cm³/mol. The lowest BCUT2D eigenvalue weighted by molar-refractivity contribution is 0.408. The van der Waals surface area contributed by atoms with Gasteiger partial charge in [-0.3, -0.25) is 0 Å². The van der Waals surface area contributed by atoms with Gasteiger partial charge in [0.1, 0.15) is 5.75 Å². The molecule has 2 aromatic carbocycles. The molecule has 2 N–H and O–H groups in total. The van der Waals surface area contributed by atoms with E-state index in [1.807, 2.05) is 30.3 Å². The fraction of sp³-hybridized carbons (Fsp3) is 0.250. The van der Waals surface area contributed by atoms with Crippen molar-refractivity contribution in [1.82, 2.24) is 0 Å². The molecule has 0 spiro atoms. The molecule has 0 aliphatic rings. The van der Waals surface area contributed by atoms with Gasteiger partial charge in [0.15, 0.2) is 0 Å². The van der Waals surface area contributed by atoms with Gasteiger partial charge in [-0.15, -0.1) is 0 Å². The quantitative estimate of drug-likeness (QED) is 0.866. The lowest BCUT2D eigenvalue weighted by Gasteiger charge is -2.16. The number of benzene rings is 2. The second kappa shape index (κ2) is 6.61. The largest absolute Gasteiger partial charge is 0.496 e. The molecule has 0 aliphatic carbocycles. The fourth-order valence-electron chi connectivity index (χ4n) is 2.16. The van der Waals surface area contributed by atoms with E-state index in [1.54, 1.807) is 7.11 Å². The summed E-state index contributed by atoms with van der Waals surface area (Å²) in [4.78, 5) is 0. The van der Waals surface area contributed by atoms with Crippen LogP contribution in [0.25, 0.3) is 0 Å². The first-order chi connectivity index (χ1) is 9.51. The smallest absolute Gasteiger partial charge is 0.122 e. The highest BCUT2D eigenvalue weighted by atomic mass is 79.9. The summed E-state index contributed by atoms with van der Waals surface area (Å²) in [7, 11) is 1.65. The highest BCUT2D eigenvalue weighted by Gasteiger charge is 2.12. The maximum absolute atomic E-state index is 6.31. The topological polar surface area (TPSA) is 35.2 Å². The van der Waals surface area contributed by atoms with Crippen molar-refractivity contribution in [2.24, 2.45) is 5.73 Å². The van der Waals surface area contributed by atoms with E-state index in [1.165, 1.54) is 5.56 Å². The number of halogens is 2. The second-order valence-electron chi connectivity index (χ2n) is 4.78. The highest BCUT2D eigenvalue weighted by molar-refractivity contribution is 9.10. The van der Waals surface area contributed by atoms with Gasteiger partial charge in [0.05, 0.1) is 7.11 Å². The van der Waals surface area contributed by atoms with Crippen molar-refractivity contribution in [1.29, 1.82) is 0 Å². The van der Waals surface area contributed by atoms with E-state index >= 15 is 0 Å². The summed E-state index contributed by atoms with van der Waals surface area (Å²) in [6.07, 6.45) is 0.685. The van der Waals surface area contributed by atoms with E-state index in [0.29, 0.717) is 11.4 Å². The summed E-state index contributed by atoms with van der Waals surface area (Å²) < 4.78 is 6.45. The summed E-state index contributed by atoms with van der Waals surface area (Å²) in [6, 6.07) is 11.7. The molecule has 1 unspecified atom stereocenters. The minimum Gasteiger partial charge on any atom is -0.496 e. The van der Waals surface area contributed by atoms with Crippen LogP contribution >= 0.6 is 27.5 Å². The van der Waals surface area contributed by atoms with Crippen molar-refractivity contribution < 1.29 is 4.74 Å². The summed E-state index contributed by atoms with van der Waals surface area (Å²) in [5.74, 6) is 0.818. The molecule has 4 heteroatoms. The lowest BCUT2D eigenvalue weighted by atomic mass is 9.98. The van der Waals surface area contributed by atoms with Crippen molar-refractivity contribution in [3.63, 3.8) is 0 Å². The molecule has 2 aromatic rings. The molecular formula is C16H17BrClNO. The molecule has 2 nitrogen and oxygen atoms in total. The average Bonchev–Trinajstić information content (AvgIpc) is 2.42. The molecule has 106 valence electrons. The van der Waals surface area contributed by atoms with Crippen molar-refractivity contribution in [2.75, 3.05) is 7.11 Å². The van der Waals surface area contributed by atoms with E-state index < -0.39 is 0 Å². The Balaban J connectivity index is 2.24. The third-order valence-electron chi connectivity index (χ3n) is 3.29. The Morgan fingerprint density at radius 3 is 2.65 bits per heavy atom. The Hall–Kier alpha value is -1.03. The highest BCUT2D eigenvalue weighted by Crippen LogP contribution is 2.28. The van der Waals surface area contributed by atoms with E-state index in [9.17, 15) is 0 Å². The van der Waals surface area contributed by atoms with Gasteiger partial charge in [-0.25, -0.2) is 0 Å². The van der Waals surface area contributed by atoms with Gasteiger partial charge >= 0.3 is 0 Å². The van der Waals surface area contributed by atoms with Crippen molar-refractivity contribution in [2.45, 2.75) is 19.4 Å². The normalized spacial score (nSPS) is 12.2. The third-order valence-corrected chi connectivity index (χ3v) is 4.42. The second-order valence-corrected chi connectivity index (χ2v) is 6.07. The maximum Gasteiger partial charge on any atom is 0.122 e. The average molecular weight is 355 g/mol. The molecule has 0 amide bonds. The first-order valence-corrected chi connectivity index (χ1v) is 7.52. The zero-order chi connectivity index (χ0) is 14.7. The number of hydrogen-bond donors (Lipinski definition) is 1. The van der Waals surface area contributed by atoms with Crippen LogP contribution < -0.4 is 10.5 Å². The first kappa shape index (κ1) is 15.4. The van der Waals surface area contributed by atoms with Gasteiger partial charge in [-0.05, 0) is 54.3 Å². The van der Waals surface area contributed by atoms with Crippen LogP contribution in [0.15, 0.2) is 40.9 Å². The molecule has 0 heterocycles. The number of aryl methyl sites for hydroxylation is 1. The van der Waals surface area contributed by atoms with Crippen LogP contribution in [0.5, 0.6) is 5.75 Å². The van der Waals surface area contributed by atoms with Crippen LogP contribution in [-0.2, 0) is 6.42 Å². The van der Waals surface area contributed by atoms with Crippen LogP contribution in [0.1, 0.15) is 22.7 Å².